The van der Waals surface area contributed by atoms with Gasteiger partial charge in [-0.1, -0.05) is 11.4 Å². The lowest BCUT2D eigenvalue weighted by Crippen LogP contribution is -2.28. The summed E-state index contributed by atoms with van der Waals surface area (Å²) in [6.07, 6.45) is -0.347. The van der Waals surface area contributed by atoms with Crippen LogP contribution in [0.3, 0.4) is 0 Å². The Morgan fingerprint density at radius 1 is 1.45 bits per heavy atom. The van der Waals surface area contributed by atoms with E-state index in [1.807, 2.05) is 6.92 Å². The van der Waals surface area contributed by atoms with Crippen LogP contribution in [0.25, 0.3) is 0 Å². The first kappa shape index (κ1) is 16.0. The number of nitro benzene ring substituents is 1. The zero-order valence-electron chi connectivity index (χ0n) is 11.7. The summed E-state index contributed by atoms with van der Waals surface area (Å²) in [5.41, 5.74) is 1.06. The molecule has 0 saturated carbocycles. The number of aryl methyl sites for hydroxylation is 1. The van der Waals surface area contributed by atoms with E-state index in [1.165, 1.54) is 24.3 Å². The second kappa shape index (κ2) is 7.05. The highest BCUT2D eigenvalue weighted by Crippen LogP contribution is 2.17. The van der Waals surface area contributed by atoms with Crippen LogP contribution in [0.15, 0.2) is 24.3 Å². The Bertz CT molecular complexity index is 671. The van der Waals surface area contributed by atoms with E-state index < -0.39 is 11.0 Å². The number of nitrogens with zero attached hydrogens (tertiary/aromatic N) is 3. The molecule has 1 aromatic carbocycles. The van der Waals surface area contributed by atoms with Gasteiger partial charge in [0.15, 0.2) is 0 Å². The summed E-state index contributed by atoms with van der Waals surface area (Å²) in [6.45, 7) is 1.87. The van der Waals surface area contributed by atoms with Crippen LogP contribution in [0.2, 0.25) is 0 Å². The van der Waals surface area contributed by atoms with Gasteiger partial charge in [-0.25, -0.2) is 0 Å². The maximum absolute atomic E-state index is 12.0. The molecule has 1 heterocycles. The molecule has 0 spiro atoms. The quantitative estimate of drug-likeness (QED) is 0.614. The molecule has 116 valence electrons. The summed E-state index contributed by atoms with van der Waals surface area (Å²) >= 11 is 1.01. The Morgan fingerprint density at radius 3 is 2.73 bits per heavy atom. The van der Waals surface area contributed by atoms with Gasteiger partial charge in [0, 0.05) is 18.7 Å². The zero-order valence-corrected chi connectivity index (χ0v) is 12.5. The third-order valence-corrected chi connectivity index (χ3v) is 3.81. The van der Waals surface area contributed by atoms with Crippen molar-refractivity contribution in [3.63, 3.8) is 0 Å². The maximum atomic E-state index is 12.0. The third kappa shape index (κ3) is 3.62. The van der Waals surface area contributed by atoms with E-state index in [4.69, 9.17) is 0 Å². The number of carbonyl (C=O) groups excluding carboxylic acids is 1. The highest BCUT2D eigenvalue weighted by atomic mass is 32.1. The van der Waals surface area contributed by atoms with Crippen LogP contribution in [-0.4, -0.2) is 32.1 Å². The van der Waals surface area contributed by atoms with Crippen LogP contribution < -0.4 is 5.32 Å². The van der Waals surface area contributed by atoms with E-state index in [-0.39, 0.29) is 18.1 Å². The van der Waals surface area contributed by atoms with Gasteiger partial charge < -0.3 is 10.4 Å². The second-order valence-corrected chi connectivity index (χ2v) is 5.23. The number of rotatable bonds is 6. The zero-order chi connectivity index (χ0) is 16.1. The first-order valence-electron chi connectivity index (χ1n) is 6.54. The maximum Gasteiger partial charge on any atom is 0.269 e. The number of hydrogen-bond acceptors (Lipinski definition) is 7. The molecule has 0 saturated heterocycles. The number of benzene rings is 1. The number of aromatic nitrogens is 2. The van der Waals surface area contributed by atoms with E-state index in [0.717, 1.165) is 11.5 Å². The highest BCUT2D eigenvalue weighted by Gasteiger charge is 2.17. The van der Waals surface area contributed by atoms with Crippen LogP contribution in [0.4, 0.5) is 5.69 Å². The van der Waals surface area contributed by atoms with E-state index in [2.05, 4.69) is 14.9 Å². The Kier molecular flexibility index (Phi) is 5.12. The van der Waals surface area contributed by atoms with Gasteiger partial charge in [0.25, 0.3) is 11.6 Å². The van der Waals surface area contributed by atoms with Crippen LogP contribution in [0, 0.1) is 10.1 Å². The SMILES string of the molecule is CCc1nnsc1C(=O)NCC(O)c1ccc([N+](=O)[O-])cc1. The predicted molar refractivity (Wildman–Crippen MR) is 79.7 cm³/mol. The second-order valence-electron chi connectivity index (χ2n) is 4.48. The summed E-state index contributed by atoms with van der Waals surface area (Å²) in [5, 5.41) is 27.0. The van der Waals surface area contributed by atoms with E-state index in [9.17, 15) is 20.0 Å². The average Bonchev–Trinajstić information content (AvgIpc) is 3.01. The van der Waals surface area contributed by atoms with Crippen molar-refractivity contribution in [2.24, 2.45) is 0 Å². The van der Waals surface area contributed by atoms with Crippen molar-refractivity contribution >= 4 is 23.1 Å². The number of carbonyl (C=O) groups is 1. The molecule has 0 aliphatic heterocycles. The molecule has 0 aliphatic rings. The van der Waals surface area contributed by atoms with Gasteiger partial charge in [0.1, 0.15) is 4.88 Å². The first-order chi connectivity index (χ1) is 10.5. The molecule has 1 aromatic heterocycles. The van der Waals surface area contributed by atoms with Gasteiger partial charge in [0.05, 0.1) is 16.7 Å². The fourth-order valence-corrected chi connectivity index (χ4v) is 2.48. The Hall–Kier alpha value is -2.39. The summed E-state index contributed by atoms with van der Waals surface area (Å²) in [5.74, 6) is -0.340. The number of amides is 1. The minimum Gasteiger partial charge on any atom is -0.387 e. The van der Waals surface area contributed by atoms with Crippen molar-refractivity contribution in [1.29, 1.82) is 0 Å². The minimum absolute atomic E-state index is 0.00228. The van der Waals surface area contributed by atoms with Gasteiger partial charge in [0.2, 0.25) is 0 Å². The summed E-state index contributed by atoms with van der Waals surface area (Å²) in [7, 11) is 0. The summed E-state index contributed by atoms with van der Waals surface area (Å²) < 4.78 is 3.73. The molecule has 22 heavy (non-hydrogen) atoms. The third-order valence-electron chi connectivity index (χ3n) is 3.04. The van der Waals surface area contributed by atoms with Crippen LogP contribution in [0.1, 0.15) is 34.0 Å². The largest absolute Gasteiger partial charge is 0.387 e. The van der Waals surface area contributed by atoms with Gasteiger partial charge >= 0.3 is 0 Å². The highest BCUT2D eigenvalue weighted by molar-refractivity contribution is 7.08. The van der Waals surface area contributed by atoms with Crippen LogP contribution in [0.5, 0.6) is 0 Å². The predicted octanol–water partition coefficient (Wildman–Crippen LogP) is 1.47. The van der Waals surface area contributed by atoms with Gasteiger partial charge in [-0.3, -0.25) is 14.9 Å². The molecular weight excluding hydrogens is 308 g/mol. The normalized spacial score (nSPS) is 11.9. The van der Waals surface area contributed by atoms with Crippen LogP contribution >= 0.6 is 11.5 Å². The standard InChI is InChI=1S/C13H14N4O4S/c1-2-10-12(22-16-15-10)13(19)14-7-11(18)8-3-5-9(6-4-8)17(20)21/h3-6,11,18H,2,7H2,1H3,(H,14,19). The molecule has 1 atom stereocenters. The molecule has 2 rings (SSSR count). The van der Waals surface area contributed by atoms with Crippen molar-refractivity contribution in [2.45, 2.75) is 19.4 Å². The molecule has 9 heteroatoms. The lowest BCUT2D eigenvalue weighted by molar-refractivity contribution is -0.384. The molecule has 0 radical (unpaired) electrons. The molecule has 2 N–H and O–H groups in total. The fraction of sp³-hybridized carbons (Fsp3) is 0.308. The van der Waals surface area contributed by atoms with Gasteiger partial charge in [-0.2, -0.15) is 0 Å². The molecule has 2 aromatic rings. The molecular formula is C13H14N4O4S. The van der Waals surface area contributed by atoms with E-state index in [1.54, 1.807) is 0 Å². The molecule has 1 amide bonds. The molecule has 0 fully saturated rings. The average molecular weight is 322 g/mol. The number of non-ortho nitro benzene ring substituents is 1. The summed E-state index contributed by atoms with van der Waals surface area (Å²) in [4.78, 5) is 22.5. The van der Waals surface area contributed by atoms with Crippen molar-refractivity contribution < 1.29 is 14.8 Å². The molecule has 0 aliphatic carbocycles. The number of hydrogen-bond donors (Lipinski definition) is 2. The topological polar surface area (TPSA) is 118 Å². The van der Waals surface area contributed by atoms with Crippen molar-refractivity contribution in [3.05, 3.63) is 50.5 Å². The van der Waals surface area contributed by atoms with E-state index >= 15 is 0 Å². The van der Waals surface area contributed by atoms with E-state index in [0.29, 0.717) is 22.6 Å². The lowest BCUT2D eigenvalue weighted by Gasteiger charge is -2.11. The van der Waals surface area contributed by atoms with Crippen molar-refractivity contribution in [1.82, 2.24) is 14.9 Å². The monoisotopic (exact) mass is 322 g/mol. The number of nitrogens with one attached hydrogen (secondary N) is 1. The summed E-state index contributed by atoms with van der Waals surface area (Å²) in [6, 6.07) is 5.53. The van der Waals surface area contributed by atoms with Crippen molar-refractivity contribution in [3.8, 4) is 0 Å². The number of nitro groups is 1. The Labute approximate surface area is 130 Å². The Balaban J connectivity index is 1.96. The Morgan fingerprint density at radius 2 is 2.14 bits per heavy atom. The lowest BCUT2D eigenvalue weighted by atomic mass is 10.1. The minimum atomic E-state index is -0.948. The molecule has 8 nitrogen and oxygen atoms in total. The molecule has 1 unspecified atom stereocenters. The number of aliphatic hydroxyl groups excluding tert-OH is 1. The van der Waals surface area contributed by atoms with Gasteiger partial charge in [-0.15, -0.1) is 5.10 Å². The first-order valence-corrected chi connectivity index (χ1v) is 7.32. The van der Waals surface area contributed by atoms with Crippen molar-refractivity contribution in [2.75, 3.05) is 6.54 Å². The smallest absolute Gasteiger partial charge is 0.269 e. The van der Waals surface area contributed by atoms with Gasteiger partial charge in [-0.05, 0) is 35.6 Å². The fourth-order valence-electron chi connectivity index (χ4n) is 1.82. The van der Waals surface area contributed by atoms with Crippen LogP contribution in [-0.2, 0) is 6.42 Å². The molecule has 0 bridgehead atoms. The number of aliphatic hydroxyl groups is 1.